The molecule has 0 aromatic heterocycles. The Morgan fingerprint density at radius 1 is 0.256 bits per heavy atom. The number of carbonyl (C=O) groups excluding carboxylic acids is 3. The minimum atomic E-state index is -0.783. The number of rotatable bonds is 63. The molecule has 0 saturated carbocycles. The second-order valence-corrected chi connectivity index (χ2v) is 23.0. The van der Waals surface area contributed by atoms with Crippen LogP contribution < -0.4 is 0 Å². The molecule has 0 saturated heterocycles. The minimum absolute atomic E-state index is 0.0781. The standard InChI is InChI=1S/C76H130O6/c1-4-7-10-13-16-19-22-25-28-30-31-32-33-34-35-36-37-38-39-40-41-42-43-44-45-47-48-51-54-57-60-63-66-69-75(78)81-72-73(71-80-74(77)68-65-62-59-56-53-50-27-24-21-18-15-12-9-6-3)82-76(79)70-67-64-61-58-55-52-49-46-29-26-23-20-17-14-11-8-5-2/h7-8,10-11,16-17,19-20,25-26,28-29,31-32,34-35,37-38,73H,4-6,9,12-15,18,21-24,27,30,33,36,39-72H2,1-3H3/b10-7-,11-8-,19-16-,20-17-,28-25-,29-26-,32-31-,35-34-,38-37-. The highest BCUT2D eigenvalue weighted by Gasteiger charge is 2.19. The van der Waals surface area contributed by atoms with Gasteiger partial charge in [-0.15, -0.1) is 0 Å². The van der Waals surface area contributed by atoms with Gasteiger partial charge < -0.3 is 14.2 Å². The van der Waals surface area contributed by atoms with E-state index < -0.39 is 6.10 Å². The normalized spacial score (nSPS) is 12.8. The Bertz CT molecular complexity index is 1640. The van der Waals surface area contributed by atoms with Crippen LogP contribution in [0.2, 0.25) is 0 Å². The van der Waals surface area contributed by atoms with Gasteiger partial charge in [0.25, 0.3) is 0 Å². The molecule has 0 radical (unpaired) electrons. The number of unbranched alkanes of at least 4 members (excludes halogenated alkanes) is 34. The number of hydrogen-bond acceptors (Lipinski definition) is 6. The number of allylic oxidation sites excluding steroid dienone is 18. The molecule has 6 heteroatoms. The maximum absolute atomic E-state index is 12.9. The van der Waals surface area contributed by atoms with Gasteiger partial charge in [-0.25, -0.2) is 0 Å². The second kappa shape index (κ2) is 69.6. The summed E-state index contributed by atoms with van der Waals surface area (Å²) in [5, 5.41) is 0. The van der Waals surface area contributed by atoms with Crippen LogP contribution in [0.15, 0.2) is 109 Å². The van der Waals surface area contributed by atoms with E-state index in [0.717, 1.165) is 122 Å². The van der Waals surface area contributed by atoms with E-state index in [-0.39, 0.29) is 31.1 Å². The summed E-state index contributed by atoms with van der Waals surface area (Å²) in [5.74, 6) is -0.874. The van der Waals surface area contributed by atoms with Gasteiger partial charge in [-0.05, 0) is 103 Å². The highest BCUT2D eigenvalue weighted by molar-refractivity contribution is 5.71. The average Bonchev–Trinajstić information content (AvgIpc) is 3.47. The summed E-state index contributed by atoms with van der Waals surface area (Å²) in [7, 11) is 0. The third-order valence-corrected chi connectivity index (χ3v) is 15.0. The Morgan fingerprint density at radius 2 is 0.476 bits per heavy atom. The highest BCUT2D eigenvalue weighted by Crippen LogP contribution is 2.17. The van der Waals surface area contributed by atoms with Crippen LogP contribution in [0, 0.1) is 0 Å². The summed E-state index contributed by atoms with van der Waals surface area (Å²) in [6.45, 7) is 6.44. The second-order valence-electron chi connectivity index (χ2n) is 23.0. The van der Waals surface area contributed by atoms with Crippen LogP contribution in [0.3, 0.4) is 0 Å². The lowest BCUT2D eigenvalue weighted by molar-refractivity contribution is -0.167. The van der Waals surface area contributed by atoms with E-state index in [1.54, 1.807) is 0 Å². The predicted molar refractivity (Wildman–Crippen MR) is 357 cm³/mol. The Morgan fingerprint density at radius 3 is 0.744 bits per heavy atom. The summed E-state index contributed by atoms with van der Waals surface area (Å²) >= 11 is 0. The summed E-state index contributed by atoms with van der Waals surface area (Å²) in [6, 6.07) is 0. The van der Waals surface area contributed by atoms with E-state index in [2.05, 4.69) is 130 Å². The van der Waals surface area contributed by atoms with Gasteiger partial charge in [-0.2, -0.15) is 0 Å². The number of esters is 3. The van der Waals surface area contributed by atoms with Crippen molar-refractivity contribution in [3.63, 3.8) is 0 Å². The quantitative estimate of drug-likeness (QED) is 0.0261. The highest BCUT2D eigenvalue weighted by atomic mass is 16.6. The molecule has 6 nitrogen and oxygen atoms in total. The lowest BCUT2D eigenvalue weighted by atomic mass is 10.0. The Hall–Kier alpha value is -3.93. The van der Waals surface area contributed by atoms with E-state index in [0.29, 0.717) is 19.3 Å². The van der Waals surface area contributed by atoms with E-state index >= 15 is 0 Å². The molecule has 1 unspecified atom stereocenters. The zero-order chi connectivity index (χ0) is 59.2. The van der Waals surface area contributed by atoms with E-state index in [1.807, 2.05) is 0 Å². The van der Waals surface area contributed by atoms with Crippen LogP contribution in [0.25, 0.3) is 0 Å². The molecule has 82 heavy (non-hydrogen) atoms. The van der Waals surface area contributed by atoms with Gasteiger partial charge in [0, 0.05) is 19.3 Å². The van der Waals surface area contributed by atoms with Crippen molar-refractivity contribution in [3.8, 4) is 0 Å². The first-order valence-corrected chi connectivity index (χ1v) is 34.9. The maximum atomic E-state index is 12.9. The maximum Gasteiger partial charge on any atom is 0.306 e. The minimum Gasteiger partial charge on any atom is -0.462 e. The topological polar surface area (TPSA) is 78.9 Å². The number of carbonyl (C=O) groups is 3. The lowest BCUT2D eigenvalue weighted by Crippen LogP contribution is -2.30. The molecule has 0 N–H and O–H groups in total. The molecule has 0 aliphatic rings. The molecular weight excluding hydrogens is 1010 g/mol. The molecule has 0 spiro atoms. The van der Waals surface area contributed by atoms with Crippen molar-refractivity contribution in [2.24, 2.45) is 0 Å². The zero-order valence-corrected chi connectivity index (χ0v) is 54.0. The van der Waals surface area contributed by atoms with Crippen LogP contribution in [-0.4, -0.2) is 37.2 Å². The van der Waals surface area contributed by atoms with Crippen LogP contribution >= 0.6 is 0 Å². The molecule has 0 amide bonds. The van der Waals surface area contributed by atoms with E-state index in [1.165, 1.54) is 173 Å². The molecular formula is C76H130O6. The van der Waals surface area contributed by atoms with E-state index in [9.17, 15) is 14.4 Å². The number of ether oxygens (including phenoxy) is 3. The van der Waals surface area contributed by atoms with Gasteiger partial charge in [-0.3, -0.25) is 14.4 Å². The van der Waals surface area contributed by atoms with E-state index in [4.69, 9.17) is 14.2 Å². The summed E-state index contributed by atoms with van der Waals surface area (Å²) in [6.07, 6.45) is 95.4. The fourth-order valence-electron chi connectivity index (χ4n) is 9.88. The van der Waals surface area contributed by atoms with Gasteiger partial charge in [0.1, 0.15) is 13.2 Å². The third-order valence-electron chi connectivity index (χ3n) is 15.0. The first-order chi connectivity index (χ1) is 40.5. The van der Waals surface area contributed by atoms with Crippen molar-refractivity contribution in [1.29, 1.82) is 0 Å². The van der Waals surface area contributed by atoms with Crippen molar-refractivity contribution in [2.45, 2.75) is 341 Å². The van der Waals surface area contributed by atoms with Crippen LogP contribution in [0.5, 0.6) is 0 Å². The molecule has 0 aliphatic carbocycles. The van der Waals surface area contributed by atoms with Gasteiger partial charge >= 0.3 is 17.9 Å². The van der Waals surface area contributed by atoms with Crippen molar-refractivity contribution >= 4 is 17.9 Å². The van der Waals surface area contributed by atoms with Crippen molar-refractivity contribution in [1.82, 2.24) is 0 Å². The van der Waals surface area contributed by atoms with Crippen LogP contribution in [0.1, 0.15) is 335 Å². The number of hydrogen-bond donors (Lipinski definition) is 0. The summed E-state index contributed by atoms with van der Waals surface area (Å²) in [5.41, 5.74) is 0. The molecule has 0 aromatic carbocycles. The lowest BCUT2D eigenvalue weighted by Gasteiger charge is -2.18. The average molecular weight is 1140 g/mol. The summed E-state index contributed by atoms with van der Waals surface area (Å²) in [4.78, 5) is 38.4. The van der Waals surface area contributed by atoms with Crippen molar-refractivity contribution < 1.29 is 28.6 Å². The predicted octanol–water partition coefficient (Wildman–Crippen LogP) is 24.2. The fourth-order valence-corrected chi connectivity index (χ4v) is 9.88. The fraction of sp³-hybridized carbons (Fsp3) is 0.724. The van der Waals surface area contributed by atoms with Gasteiger partial charge in [0.15, 0.2) is 6.10 Å². The Kier molecular flexibility index (Phi) is 66.2. The molecule has 0 fully saturated rings. The SMILES string of the molecule is CC/C=C\C/C=C\C/C=C\C/C=C\C/C=C\C/C=C\CCCCCCCCCCCCCCCCC(=O)OCC(COC(=O)CCCCCCCCCCCCCCCC)OC(=O)CCCCCCCCC/C=C\C/C=C\C/C=C\CC. The Balaban J connectivity index is 4.22. The smallest absolute Gasteiger partial charge is 0.306 e. The molecule has 1 atom stereocenters. The summed E-state index contributed by atoms with van der Waals surface area (Å²) < 4.78 is 17.0. The molecule has 0 aromatic rings. The van der Waals surface area contributed by atoms with Crippen LogP contribution in [-0.2, 0) is 28.6 Å². The molecule has 0 heterocycles. The van der Waals surface area contributed by atoms with Gasteiger partial charge in [-0.1, -0.05) is 323 Å². The Labute approximate surface area is 508 Å². The molecule has 0 aliphatic heterocycles. The largest absolute Gasteiger partial charge is 0.462 e. The monoisotopic (exact) mass is 1140 g/mol. The van der Waals surface area contributed by atoms with Crippen molar-refractivity contribution in [3.05, 3.63) is 109 Å². The van der Waals surface area contributed by atoms with Gasteiger partial charge in [0.2, 0.25) is 0 Å². The molecule has 0 bridgehead atoms. The first-order valence-electron chi connectivity index (χ1n) is 34.9. The van der Waals surface area contributed by atoms with Gasteiger partial charge in [0.05, 0.1) is 0 Å². The molecule has 0 rings (SSSR count). The zero-order valence-electron chi connectivity index (χ0n) is 54.0. The van der Waals surface area contributed by atoms with Crippen LogP contribution in [0.4, 0.5) is 0 Å². The first kappa shape index (κ1) is 78.1. The van der Waals surface area contributed by atoms with Crippen molar-refractivity contribution in [2.75, 3.05) is 13.2 Å². The molecule has 470 valence electrons. The third kappa shape index (κ3) is 66.9.